The molecule has 21 heavy (non-hydrogen) atoms. The van der Waals surface area contributed by atoms with Crippen molar-refractivity contribution in [2.75, 3.05) is 13.6 Å². The molecule has 0 bridgehead atoms. The summed E-state index contributed by atoms with van der Waals surface area (Å²) in [6.45, 7) is 6.46. The third-order valence-corrected chi connectivity index (χ3v) is 3.60. The van der Waals surface area contributed by atoms with Crippen molar-refractivity contribution in [3.8, 4) is 0 Å². The summed E-state index contributed by atoms with van der Waals surface area (Å²) in [4.78, 5) is 6.79. The molecule has 1 atom stereocenters. The lowest BCUT2D eigenvalue weighted by Gasteiger charge is -2.25. The first-order valence-electron chi connectivity index (χ1n) is 7.49. The van der Waals surface area contributed by atoms with E-state index in [-0.39, 0.29) is 6.04 Å². The minimum atomic E-state index is 0.165. The predicted molar refractivity (Wildman–Crippen MR) is 84.8 cm³/mol. The molecule has 2 rings (SSSR count). The zero-order valence-corrected chi connectivity index (χ0v) is 13.2. The Labute approximate surface area is 126 Å². The highest BCUT2D eigenvalue weighted by atomic mass is 15.3. The summed E-state index contributed by atoms with van der Waals surface area (Å²) >= 11 is 0. The quantitative estimate of drug-likeness (QED) is 0.847. The number of likely N-dealkylation sites (N-methyl/N-ethyl adjacent to an activating group) is 1. The maximum absolute atomic E-state index is 5.97. The molecule has 0 saturated heterocycles. The monoisotopic (exact) mass is 287 g/mol. The Morgan fingerprint density at radius 1 is 1.38 bits per heavy atom. The fraction of sp³-hybridized carbons (Fsp3) is 0.500. The van der Waals surface area contributed by atoms with Gasteiger partial charge in [-0.3, -0.25) is 14.6 Å². The van der Waals surface area contributed by atoms with E-state index in [1.54, 1.807) is 0 Å². The Morgan fingerprint density at radius 2 is 2.19 bits per heavy atom. The summed E-state index contributed by atoms with van der Waals surface area (Å²) < 4.78 is 1.98. The number of hydrogen-bond acceptors (Lipinski definition) is 4. The van der Waals surface area contributed by atoms with Crippen LogP contribution in [0.25, 0.3) is 0 Å². The van der Waals surface area contributed by atoms with Gasteiger partial charge in [0.1, 0.15) is 0 Å². The lowest BCUT2D eigenvalue weighted by molar-refractivity contribution is 0.239. The highest BCUT2D eigenvalue weighted by molar-refractivity contribution is 5.13. The molecule has 2 heterocycles. The van der Waals surface area contributed by atoms with Gasteiger partial charge in [0.15, 0.2) is 0 Å². The largest absolute Gasteiger partial charge is 0.329 e. The van der Waals surface area contributed by atoms with Gasteiger partial charge in [-0.15, -0.1) is 0 Å². The van der Waals surface area contributed by atoms with E-state index in [0.717, 1.165) is 30.9 Å². The van der Waals surface area contributed by atoms with Crippen LogP contribution in [0.2, 0.25) is 0 Å². The fourth-order valence-corrected chi connectivity index (χ4v) is 2.53. The van der Waals surface area contributed by atoms with Crippen LogP contribution < -0.4 is 5.73 Å². The van der Waals surface area contributed by atoms with E-state index in [9.17, 15) is 0 Å². The number of nitrogens with zero attached hydrogens (tertiary/aromatic N) is 4. The number of nitrogens with two attached hydrogens (primary N) is 1. The van der Waals surface area contributed by atoms with E-state index in [1.165, 1.54) is 5.56 Å². The lowest BCUT2D eigenvalue weighted by Crippen LogP contribution is -2.30. The molecule has 0 amide bonds. The second kappa shape index (κ2) is 7.33. The molecule has 0 radical (unpaired) electrons. The van der Waals surface area contributed by atoms with Crippen molar-refractivity contribution >= 4 is 0 Å². The molecular weight excluding hydrogens is 262 g/mol. The fourth-order valence-electron chi connectivity index (χ4n) is 2.53. The van der Waals surface area contributed by atoms with Crippen molar-refractivity contribution in [1.82, 2.24) is 19.7 Å². The van der Waals surface area contributed by atoms with Crippen LogP contribution in [0, 0.1) is 6.92 Å². The van der Waals surface area contributed by atoms with E-state index in [4.69, 9.17) is 5.73 Å². The normalized spacial score (nSPS) is 12.8. The van der Waals surface area contributed by atoms with Crippen LogP contribution in [0.1, 0.15) is 36.3 Å². The van der Waals surface area contributed by atoms with E-state index < -0.39 is 0 Å². The molecule has 2 aromatic rings. The standard InChI is InChI=1S/C16H25N5/c1-4-8-21-11-14(10-18-21)16(9-17)20(3)12-15-7-5-6-13(2)19-15/h5-7,10-11,16H,4,8-9,12,17H2,1-3H3. The Kier molecular flexibility index (Phi) is 5.47. The Bertz CT molecular complexity index is 563. The van der Waals surface area contributed by atoms with Gasteiger partial charge in [0.05, 0.1) is 17.9 Å². The molecule has 0 aliphatic carbocycles. The predicted octanol–water partition coefficient (Wildman–Crippen LogP) is 2.13. The average Bonchev–Trinajstić information content (AvgIpc) is 2.88. The van der Waals surface area contributed by atoms with Crippen molar-refractivity contribution in [2.24, 2.45) is 5.73 Å². The van der Waals surface area contributed by atoms with Gasteiger partial charge in [0, 0.05) is 37.1 Å². The number of pyridine rings is 1. The van der Waals surface area contributed by atoms with Crippen molar-refractivity contribution in [3.63, 3.8) is 0 Å². The van der Waals surface area contributed by atoms with Crippen molar-refractivity contribution in [3.05, 3.63) is 47.5 Å². The zero-order chi connectivity index (χ0) is 15.2. The lowest BCUT2D eigenvalue weighted by atomic mass is 10.1. The summed E-state index contributed by atoms with van der Waals surface area (Å²) in [5.74, 6) is 0. The Balaban J connectivity index is 2.08. The van der Waals surface area contributed by atoms with Gasteiger partial charge in [-0.05, 0) is 32.5 Å². The number of rotatable bonds is 7. The molecule has 5 nitrogen and oxygen atoms in total. The maximum atomic E-state index is 5.97. The number of aryl methyl sites for hydroxylation is 2. The summed E-state index contributed by atoms with van der Waals surface area (Å²) in [7, 11) is 2.08. The third kappa shape index (κ3) is 4.12. The van der Waals surface area contributed by atoms with Crippen molar-refractivity contribution < 1.29 is 0 Å². The smallest absolute Gasteiger partial charge is 0.0547 e. The van der Waals surface area contributed by atoms with Crippen LogP contribution in [0.3, 0.4) is 0 Å². The molecule has 0 aliphatic rings. The summed E-state index contributed by atoms with van der Waals surface area (Å²) in [5.41, 5.74) is 9.25. The first kappa shape index (κ1) is 15.7. The Morgan fingerprint density at radius 3 is 2.86 bits per heavy atom. The summed E-state index contributed by atoms with van der Waals surface area (Å²) in [6.07, 6.45) is 5.10. The van der Waals surface area contributed by atoms with E-state index in [0.29, 0.717) is 6.54 Å². The van der Waals surface area contributed by atoms with Gasteiger partial charge in [-0.25, -0.2) is 0 Å². The minimum Gasteiger partial charge on any atom is -0.329 e. The van der Waals surface area contributed by atoms with E-state index in [2.05, 4.69) is 41.2 Å². The maximum Gasteiger partial charge on any atom is 0.0547 e. The molecule has 0 saturated carbocycles. The van der Waals surface area contributed by atoms with E-state index >= 15 is 0 Å². The van der Waals surface area contributed by atoms with Crippen LogP contribution in [0.4, 0.5) is 0 Å². The molecule has 5 heteroatoms. The van der Waals surface area contributed by atoms with Gasteiger partial charge >= 0.3 is 0 Å². The van der Waals surface area contributed by atoms with E-state index in [1.807, 2.05) is 29.9 Å². The van der Waals surface area contributed by atoms with Gasteiger partial charge in [-0.1, -0.05) is 13.0 Å². The topological polar surface area (TPSA) is 60.0 Å². The highest BCUT2D eigenvalue weighted by Crippen LogP contribution is 2.19. The number of hydrogen-bond donors (Lipinski definition) is 1. The first-order chi connectivity index (χ1) is 10.1. The van der Waals surface area contributed by atoms with Crippen LogP contribution in [-0.4, -0.2) is 33.3 Å². The van der Waals surface area contributed by atoms with Gasteiger partial charge in [-0.2, -0.15) is 5.10 Å². The van der Waals surface area contributed by atoms with Crippen LogP contribution in [0.15, 0.2) is 30.6 Å². The van der Waals surface area contributed by atoms with Gasteiger partial charge in [0.25, 0.3) is 0 Å². The molecule has 0 aliphatic heterocycles. The summed E-state index contributed by atoms with van der Waals surface area (Å²) in [6, 6.07) is 6.27. The Hall–Kier alpha value is -1.72. The van der Waals surface area contributed by atoms with Gasteiger partial charge in [0.2, 0.25) is 0 Å². The molecular formula is C16H25N5. The average molecular weight is 287 g/mol. The SMILES string of the molecule is CCCn1cc(C(CN)N(C)Cc2cccc(C)n2)cn1. The number of aromatic nitrogens is 3. The molecule has 1 unspecified atom stereocenters. The van der Waals surface area contributed by atoms with Crippen LogP contribution >= 0.6 is 0 Å². The second-order valence-corrected chi connectivity index (χ2v) is 5.47. The third-order valence-electron chi connectivity index (χ3n) is 3.60. The molecule has 0 aromatic carbocycles. The zero-order valence-electron chi connectivity index (χ0n) is 13.2. The van der Waals surface area contributed by atoms with Crippen LogP contribution in [-0.2, 0) is 13.1 Å². The van der Waals surface area contributed by atoms with Crippen molar-refractivity contribution in [1.29, 1.82) is 0 Å². The molecule has 114 valence electrons. The molecule has 0 fully saturated rings. The highest BCUT2D eigenvalue weighted by Gasteiger charge is 2.17. The summed E-state index contributed by atoms with van der Waals surface area (Å²) in [5, 5.41) is 4.40. The minimum absolute atomic E-state index is 0.165. The molecule has 0 spiro atoms. The van der Waals surface area contributed by atoms with Gasteiger partial charge < -0.3 is 5.73 Å². The second-order valence-electron chi connectivity index (χ2n) is 5.47. The first-order valence-corrected chi connectivity index (χ1v) is 7.49. The van der Waals surface area contributed by atoms with Crippen LogP contribution in [0.5, 0.6) is 0 Å². The molecule has 2 N–H and O–H groups in total. The van der Waals surface area contributed by atoms with Crippen molar-refractivity contribution in [2.45, 2.75) is 39.4 Å². The molecule has 2 aromatic heterocycles.